The van der Waals surface area contributed by atoms with Crippen LogP contribution in [0.3, 0.4) is 0 Å². The fraction of sp³-hybridized carbons (Fsp3) is 0.385. The Balaban J connectivity index is 1.87. The lowest BCUT2D eigenvalue weighted by Gasteiger charge is -2.07. The molecule has 3 heteroatoms. The fourth-order valence-electron chi connectivity index (χ4n) is 2.98. The van der Waals surface area contributed by atoms with Crippen LogP contribution >= 0.6 is 11.3 Å². The van der Waals surface area contributed by atoms with Crippen molar-refractivity contribution in [3.05, 3.63) is 35.0 Å². The predicted octanol–water partition coefficient (Wildman–Crippen LogP) is 2.90. The van der Waals surface area contributed by atoms with Gasteiger partial charge in [-0.15, -0.1) is 11.3 Å². The van der Waals surface area contributed by atoms with Gasteiger partial charge in [-0.3, -0.25) is 0 Å². The molecule has 1 saturated heterocycles. The Labute approximate surface area is 97.3 Å². The molecule has 1 aliphatic carbocycles. The van der Waals surface area contributed by atoms with Gasteiger partial charge in [0, 0.05) is 21.5 Å². The van der Waals surface area contributed by atoms with Crippen LogP contribution < -0.4 is 5.32 Å². The molecule has 0 unspecified atom stereocenters. The predicted molar refractivity (Wildman–Crippen MR) is 64.4 cm³/mol. The molecule has 4 rings (SSSR count). The van der Waals surface area contributed by atoms with Crippen LogP contribution in [0, 0.1) is 11.7 Å². The van der Waals surface area contributed by atoms with Crippen molar-refractivity contribution in [2.24, 2.45) is 5.92 Å². The maximum atomic E-state index is 13.1. The van der Waals surface area contributed by atoms with E-state index in [4.69, 9.17) is 0 Å². The van der Waals surface area contributed by atoms with Crippen LogP contribution in [0.1, 0.15) is 11.3 Å². The molecule has 82 valence electrons. The monoisotopic (exact) mass is 233 g/mol. The van der Waals surface area contributed by atoms with Gasteiger partial charge in [-0.1, -0.05) is 0 Å². The number of fused-ring (bicyclic) bond motifs is 2. The van der Waals surface area contributed by atoms with E-state index >= 15 is 0 Å². The second-order valence-corrected chi connectivity index (χ2v) is 6.06. The van der Waals surface area contributed by atoms with Gasteiger partial charge in [-0.25, -0.2) is 4.39 Å². The Kier molecular flexibility index (Phi) is 1.62. The van der Waals surface area contributed by atoms with Crippen molar-refractivity contribution in [1.82, 2.24) is 5.32 Å². The summed E-state index contributed by atoms with van der Waals surface area (Å²) in [6, 6.07) is 7.29. The highest BCUT2D eigenvalue weighted by Crippen LogP contribution is 2.58. The lowest BCUT2D eigenvalue weighted by molar-refractivity contribution is 0.630. The van der Waals surface area contributed by atoms with Crippen LogP contribution in [0.2, 0.25) is 0 Å². The second kappa shape index (κ2) is 2.84. The third kappa shape index (κ3) is 1.08. The van der Waals surface area contributed by atoms with E-state index in [9.17, 15) is 4.39 Å². The van der Waals surface area contributed by atoms with Gasteiger partial charge in [-0.05, 0) is 48.5 Å². The van der Waals surface area contributed by atoms with E-state index in [1.807, 2.05) is 17.4 Å². The zero-order valence-corrected chi connectivity index (χ0v) is 9.61. The number of hydrogen-bond donors (Lipinski definition) is 1. The van der Waals surface area contributed by atoms with Crippen LogP contribution in [0.15, 0.2) is 24.3 Å². The molecule has 1 N–H and O–H groups in total. The first-order valence-electron chi connectivity index (χ1n) is 5.68. The molecular weight excluding hydrogens is 221 g/mol. The van der Waals surface area contributed by atoms with Crippen LogP contribution in [-0.4, -0.2) is 13.1 Å². The van der Waals surface area contributed by atoms with Gasteiger partial charge in [-0.2, -0.15) is 0 Å². The molecule has 1 aromatic carbocycles. The number of nitrogens with one attached hydrogen (secondary N) is 1. The third-order valence-corrected chi connectivity index (χ3v) is 5.37. The average Bonchev–Trinajstić information content (AvgIpc) is 2.69. The molecule has 1 nitrogen and oxygen atoms in total. The molecular formula is C13H12FNS. The summed E-state index contributed by atoms with van der Waals surface area (Å²) < 4.78 is 14.3. The number of rotatable bonds is 1. The molecule has 16 heavy (non-hydrogen) atoms. The number of halogens is 1. The number of piperidine rings is 1. The van der Waals surface area contributed by atoms with Crippen molar-refractivity contribution in [3.8, 4) is 0 Å². The minimum absolute atomic E-state index is 0.133. The highest BCUT2D eigenvalue weighted by molar-refractivity contribution is 7.19. The lowest BCUT2D eigenvalue weighted by atomic mass is 10.0. The molecule has 2 aliphatic rings. The van der Waals surface area contributed by atoms with Gasteiger partial charge in [0.2, 0.25) is 0 Å². The molecule has 2 atom stereocenters. The van der Waals surface area contributed by atoms with E-state index in [1.165, 1.54) is 16.0 Å². The second-order valence-electron chi connectivity index (χ2n) is 4.98. The Bertz CT molecular complexity index is 576. The number of thiophene rings is 1. The third-order valence-electron chi connectivity index (χ3n) is 4.03. The Morgan fingerprint density at radius 1 is 1.38 bits per heavy atom. The summed E-state index contributed by atoms with van der Waals surface area (Å²) in [5.41, 5.74) is 0.403. The highest BCUT2D eigenvalue weighted by Gasteiger charge is 2.58. The van der Waals surface area contributed by atoms with Crippen LogP contribution in [-0.2, 0) is 5.41 Å². The first kappa shape index (κ1) is 9.14. The average molecular weight is 233 g/mol. The highest BCUT2D eigenvalue weighted by atomic mass is 32.1. The zero-order valence-electron chi connectivity index (χ0n) is 8.79. The van der Waals surface area contributed by atoms with Crippen LogP contribution in [0.25, 0.3) is 10.1 Å². The van der Waals surface area contributed by atoms with Gasteiger partial charge >= 0.3 is 0 Å². The minimum Gasteiger partial charge on any atom is -0.315 e. The van der Waals surface area contributed by atoms with Crippen molar-refractivity contribution < 1.29 is 4.39 Å². The molecule has 1 saturated carbocycles. The van der Waals surface area contributed by atoms with E-state index < -0.39 is 0 Å². The largest absolute Gasteiger partial charge is 0.315 e. The summed E-state index contributed by atoms with van der Waals surface area (Å²) in [5.74, 6) is 0.691. The molecule has 2 heterocycles. The summed E-state index contributed by atoms with van der Waals surface area (Å²) in [5, 5.41) is 4.51. The Morgan fingerprint density at radius 2 is 2.31 bits per heavy atom. The summed E-state index contributed by atoms with van der Waals surface area (Å²) in [7, 11) is 0. The molecule has 0 radical (unpaired) electrons. The van der Waals surface area contributed by atoms with Crippen molar-refractivity contribution in [3.63, 3.8) is 0 Å². The molecule has 0 spiro atoms. The maximum absolute atomic E-state index is 13.1. The smallest absolute Gasteiger partial charge is 0.123 e. The summed E-state index contributed by atoms with van der Waals surface area (Å²) >= 11 is 1.84. The summed E-state index contributed by atoms with van der Waals surface area (Å²) in [6.45, 7) is 2.26. The van der Waals surface area contributed by atoms with Gasteiger partial charge in [0.05, 0.1) is 0 Å². The molecule has 2 fully saturated rings. The van der Waals surface area contributed by atoms with Crippen molar-refractivity contribution >= 4 is 21.4 Å². The van der Waals surface area contributed by atoms with Gasteiger partial charge in [0.1, 0.15) is 5.82 Å². The Hall–Kier alpha value is -0.930. The van der Waals surface area contributed by atoms with Gasteiger partial charge in [0.15, 0.2) is 0 Å². The topological polar surface area (TPSA) is 12.0 Å². The van der Waals surface area contributed by atoms with E-state index in [-0.39, 0.29) is 5.82 Å². The SMILES string of the molecule is Fc1ccc2sc([C@]34CNC[C@H]3C4)cc2c1. The van der Waals surface area contributed by atoms with Gasteiger partial charge < -0.3 is 5.32 Å². The summed E-state index contributed by atoms with van der Waals surface area (Å²) in [6.07, 6.45) is 1.31. The van der Waals surface area contributed by atoms with Gasteiger partial charge in [0.25, 0.3) is 0 Å². The van der Waals surface area contributed by atoms with E-state index in [0.29, 0.717) is 5.41 Å². The number of benzene rings is 1. The minimum atomic E-state index is -0.133. The molecule has 1 aliphatic heterocycles. The standard InChI is InChI=1S/C13H12FNS/c14-10-1-2-11-8(3-10)4-12(16-11)13-5-9(13)6-15-7-13/h1-4,9,15H,5-7H2/t9-,13-/m1/s1. The van der Waals surface area contributed by atoms with E-state index in [2.05, 4.69) is 11.4 Å². The number of hydrogen-bond acceptors (Lipinski definition) is 2. The van der Waals surface area contributed by atoms with Crippen molar-refractivity contribution in [2.45, 2.75) is 11.8 Å². The lowest BCUT2D eigenvalue weighted by Crippen LogP contribution is -2.18. The Morgan fingerprint density at radius 3 is 3.06 bits per heavy atom. The zero-order chi connectivity index (χ0) is 10.8. The van der Waals surface area contributed by atoms with Crippen LogP contribution in [0.4, 0.5) is 4.39 Å². The normalized spacial score (nSPS) is 31.9. The molecule has 2 aromatic rings. The van der Waals surface area contributed by atoms with Crippen molar-refractivity contribution in [1.29, 1.82) is 0 Å². The first-order valence-corrected chi connectivity index (χ1v) is 6.50. The molecule has 0 bridgehead atoms. The van der Waals surface area contributed by atoms with Crippen molar-refractivity contribution in [2.75, 3.05) is 13.1 Å². The molecule has 1 aromatic heterocycles. The van der Waals surface area contributed by atoms with Crippen LogP contribution in [0.5, 0.6) is 0 Å². The van der Waals surface area contributed by atoms with E-state index in [1.54, 1.807) is 12.1 Å². The van der Waals surface area contributed by atoms with E-state index in [0.717, 1.165) is 24.4 Å². The summed E-state index contributed by atoms with van der Waals surface area (Å²) in [4.78, 5) is 1.45. The fourth-order valence-corrected chi connectivity index (χ4v) is 4.30. The quantitative estimate of drug-likeness (QED) is 0.798. The molecule has 0 amide bonds. The first-order chi connectivity index (χ1) is 7.78. The maximum Gasteiger partial charge on any atom is 0.123 e.